The Hall–Kier alpha value is -4.21. The molecule has 0 atom stereocenters. The fourth-order valence-corrected chi connectivity index (χ4v) is 3.96. The fraction of sp³-hybridized carbons (Fsp3) is 0.276. The van der Waals surface area contributed by atoms with Crippen molar-refractivity contribution in [3.63, 3.8) is 0 Å². The highest BCUT2D eigenvalue weighted by Gasteiger charge is 2.24. The molecule has 38 heavy (non-hydrogen) atoms. The van der Waals surface area contributed by atoms with Gasteiger partial charge < -0.3 is 23.7 Å². The van der Waals surface area contributed by atoms with Crippen LogP contribution in [0.25, 0.3) is 11.0 Å². The smallest absolute Gasteiger partial charge is 0.337 e. The van der Waals surface area contributed by atoms with Crippen LogP contribution in [-0.4, -0.2) is 40.9 Å². The molecule has 5 rings (SSSR count). The first-order valence-corrected chi connectivity index (χ1v) is 12.1. The number of ether oxygens (including phenoxy) is 3. The first-order valence-electron chi connectivity index (χ1n) is 12.1. The van der Waals surface area contributed by atoms with Crippen molar-refractivity contribution in [1.82, 2.24) is 9.88 Å². The number of aryl methyl sites for hydroxylation is 1. The van der Waals surface area contributed by atoms with E-state index in [9.17, 15) is 9.59 Å². The van der Waals surface area contributed by atoms with Crippen molar-refractivity contribution in [2.45, 2.75) is 40.0 Å². The van der Waals surface area contributed by atoms with Crippen molar-refractivity contribution in [3.8, 4) is 17.2 Å². The van der Waals surface area contributed by atoms with Crippen LogP contribution < -0.4 is 14.9 Å². The van der Waals surface area contributed by atoms with E-state index >= 15 is 0 Å². The van der Waals surface area contributed by atoms with Crippen LogP contribution in [0.3, 0.4) is 0 Å². The minimum Gasteiger partial charge on any atom is -0.478 e. The first-order chi connectivity index (χ1) is 18.3. The van der Waals surface area contributed by atoms with Gasteiger partial charge in [0.2, 0.25) is 11.2 Å². The van der Waals surface area contributed by atoms with Gasteiger partial charge in [-0.15, -0.1) is 0 Å². The number of aromatic nitrogens is 1. The summed E-state index contributed by atoms with van der Waals surface area (Å²) < 4.78 is 22.6. The van der Waals surface area contributed by atoms with Crippen molar-refractivity contribution in [2.24, 2.45) is 0 Å². The van der Waals surface area contributed by atoms with E-state index in [4.69, 9.17) is 23.7 Å². The zero-order valence-corrected chi connectivity index (χ0v) is 21.8. The molecule has 4 aromatic rings. The third-order valence-electron chi connectivity index (χ3n) is 5.68. The van der Waals surface area contributed by atoms with E-state index in [1.165, 1.54) is 7.11 Å². The number of hydrogen-bond donors (Lipinski definition) is 1. The molecule has 9 nitrogen and oxygen atoms in total. The van der Waals surface area contributed by atoms with Crippen molar-refractivity contribution >= 4 is 16.9 Å². The third-order valence-corrected chi connectivity index (χ3v) is 5.68. The normalized spacial score (nSPS) is 12.8. The topological polar surface area (TPSA) is 111 Å². The molecule has 0 saturated carbocycles. The fourth-order valence-electron chi connectivity index (χ4n) is 3.96. The molecular formula is C29H30N2O7. The van der Waals surface area contributed by atoms with Gasteiger partial charge in [0, 0.05) is 31.6 Å². The average Bonchev–Trinajstić information content (AvgIpc) is 2.91. The van der Waals surface area contributed by atoms with Crippen LogP contribution in [-0.2, 0) is 17.8 Å². The summed E-state index contributed by atoms with van der Waals surface area (Å²) in [5.41, 5.74) is 2.55. The Morgan fingerprint density at radius 3 is 2.45 bits per heavy atom. The highest BCUT2D eigenvalue weighted by atomic mass is 16.5. The van der Waals surface area contributed by atoms with Crippen molar-refractivity contribution < 1.29 is 28.5 Å². The van der Waals surface area contributed by atoms with Crippen molar-refractivity contribution in [1.29, 1.82) is 0 Å². The molecule has 9 heteroatoms. The van der Waals surface area contributed by atoms with Gasteiger partial charge in [0.05, 0.1) is 23.6 Å². The van der Waals surface area contributed by atoms with Crippen molar-refractivity contribution in [2.75, 3.05) is 13.8 Å². The lowest BCUT2D eigenvalue weighted by Gasteiger charge is -2.29. The van der Waals surface area contributed by atoms with Crippen LogP contribution in [0.4, 0.5) is 0 Å². The number of esters is 1. The summed E-state index contributed by atoms with van der Waals surface area (Å²) in [6.45, 7) is 6.83. The van der Waals surface area contributed by atoms with Crippen LogP contribution in [0.5, 0.6) is 17.2 Å². The molecule has 0 fully saturated rings. The van der Waals surface area contributed by atoms with Gasteiger partial charge >= 0.3 is 5.97 Å². The van der Waals surface area contributed by atoms with Gasteiger partial charge in [-0.05, 0) is 74.9 Å². The van der Waals surface area contributed by atoms with E-state index in [-0.39, 0.29) is 17.3 Å². The summed E-state index contributed by atoms with van der Waals surface area (Å²) in [7, 11) is 1.32. The quantitative estimate of drug-likeness (QED) is 0.372. The number of hydrogen-bond acceptors (Lipinski definition) is 9. The number of aliphatic hydroxyl groups excluding tert-OH is 1. The summed E-state index contributed by atoms with van der Waals surface area (Å²) >= 11 is 0. The molecule has 0 amide bonds. The van der Waals surface area contributed by atoms with E-state index in [1.807, 2.05) is 12.1 Å². The average molecular weight is 519 g/mol. The van der Waals surface area contributed by atoms with E-state index in [0.717, 1.165) is 11.1 Å². The number of benzene rings is 2. The number of carbonyl (C=O) groups excluding carboxylic acids is 1. The van der Waals surface area contributed by atoms with Crippen LogP contribution in [0.15, 0.2) is 70.1 Å². The van der Waals surface area contributed by atoms with E-state index in [0.29, 0.717) is 53.6 Å². The predicted octanol–water partition coefficient (Wildman–Crippen LogP) is 4.81. The summed E-state index contributed by atoms with van der Waals surface area (Å²) in [4.78, 5) is 31.1. The highest BCUT2D eigenvalue weighted by molar-refractivity contribution is 5.89. The Morgan fingerprint density at radius 1 is 1.11 bits per heavy atom. The van der Waals surface area contributed by atoms with Crippen LogP contribution in [0, 0.1) is 6.92 Å². The maximum atomic E-state index is 13.3. The van der Waals surface area contributed by atoms with Crippen LogP contribution in [0.2, 0.25) is 0 Å². The highest BCUT2D eigenvalue weighted by Crippen LogP contribution is 2.34. The molecule has 3 heterocycles. The van der Waals surface area contributed by atoms with E-state index in [1.54, 1.807) is 69.6 Å². The minimum absolute atomic E-state index is 0.101. The molecule has 0 aliphatic carbocycles. The standard InChI is InChI=1S/C26H22N2O6.C3H8O/c1-16-24(34-19-5-3-18(4-6-19)26(30)31-2)23(29)20-7-8-22-21(25(20)33-16)14-28(15-32-22)13-17-9-11-27-12-10-17;1-3(2)4/h3-12H,13-15H2,1-2H3;3-4H,1-2H3. The zero-order valence-electron chi connectivity index (χ0n) is 21.8. The number of pyridine rings is 1. The third kappa shape index (κ3) is 6.19. The number of nitrogens with zero attached hydrogens (tertiary/aromatic N) is 2. The van der Waals surface area contributed by atoms with Crippen LogP contribution >= 0.6 is 0 Å². The molecule has 0 saturated heterocycles. The second kappa shape index (κ2) is 11.9. The van der Waals surface area contributed by atoms with Gasteiger partial charge in [0.1, 0.15) is 29.6 Å². The molecule has 1 N–H and O–H groups in total. The number of methoxy groups -OCH3 is 1. The summed E-state index contributed by atoms with van der Waals surface area (Å²) in [5, 5.41) is 8.47. The molecule has 2 aromatic carbocycles. The Balaban J connectivity index is 0.000000786. The molecular weight excluding hydrogens is 488 g/mol. The lowest BCUT2D eigenvalue weighted by atomic mass is 10.1. The molecule has 0 unspecified atom stereocenters. The second-order valence-electron chi connectivity index (χ2n) is 9.06. The van der Waals surface area contributed by atoms with Gasteiger partial charge in [-0.25, -0.2) is 4.79 Å². The molecule has 198 valence electrons. The lowest BCUT2D eigenvalue weighted by molar-refractivity contribution is 0.0600. The maximum Gasteiger partial charge on any atom is 0.337 e. The summed E-state index contributed by atoms with van der Waals surface area (Å²) in [5.74, 6) is 1.12. The first kappa shape index (κ1) is 26.8. The van der Waals surface area contributed by atoms with E-state index < -0.39 is 5.97 Å². The summed E-state index contributed by atoms with van der Waals surface area (Å²) in [6, 6.07) is 13.8. The predicted molar refractivity (Wildman–Crippen MR) is 141 cm³/mol. The molecule has 0 spiro atoms. The van der Waals surface area contributed by atoms with Gasteiger partial charge in [-0.1, -0.05) is 0 Å². The van der Waals surface area contributed by atoms with Crippen molar-refractivity contribution in [3.05, 3.63) is 93.6 Å². The van der Waals surface area contributed by atoms with Gasteiger partial charge in [0.25, 0.3) is 0 Å². The van der Waals surface area contributed by atoms with Crippen LogP contribution in [0.1, 0.15) is 41.1 Å². The Labute approximate surface area is 220 Å². The largest absolute Gasteiger partial charge is 0.478 e. The number of aliphatic hydroxyl groups is 1. The molecule has 1 aliphatic heterocycles. The van der Waals surface area contributed by atoms with Gasteiger partial charge in [-0.3, -0.25) is 14.7 Å². The monoisotopic (exact) mass is 518 g/mol. The zero-order chi connectivity index (χ0) is 27.2. The van der Waals surface area contributed by atoms with Gasteiger partial charge in [0.15, 0.2) is 0 Å². The SMILES string of the molecule is CC(C)O.COC(=O)c1ccc(Oc2c(C)oc3c4c(ccc3c2=O)OCN(Cc2ccncc2)C4)cc1. The Kier molecular flexibility index (Phi) is 8.40. The number of carbonyl (C=O) groups is 1. The second-order valence-corrected chi connectivity index (χ2v) is 9.06. The number of rotatable bonds is 5. The molecule has 0 radical (unpaired) electrons. The lowest BCUT2D eigenvalue weighted by Crippen LogP contribution is -2.31. The molecule has 1 aliphatic rings. The van der Waals surface area contributed by atoms with Gasteiger partial charge in [-0.2, -0.15) is 0 Å². The number of fused-ring (bicyclic) bond motifs is 3. The molecule has 0 bridgehead atoms. The minimum atomic E-state index is -0.446. The maximum absolute atomic E-state index is 13.3. The Morgan fingerprint density at radius 2 is 1.79 bits per heavy atom. The van der Waals surface area contributed by atoms with E-state index in [2.05, 4.69) is 9.88 Å². The Bertz CT molecular complexity index is 1460. The molecule has 2 aromatic heterocycles. The summed E-state index contributed by atoms with van der Waals surface area (Å²) in [6.07, 6.45) is 3.35.